The number of hydrogen-bond acceptors (Lipinski definition) is 1. The molecule has 0 saturated heterocycles. The smallest absolute Gasteiger partial charge is 0.141 e. The van der Waals surface area contributed by atoms with E-state index in [1.165, 1.54) is 83.5 Å². The standard InChI is InChI=1S/C23H32FN/c1-2-3-4-5-6-7-10-22-11-14-23(15-12-22,16-13-22)20-9-8-19(18-25)21(24)17-20/h8-9,17H,2-7,10-16H2,1H3. The number of hydrogen-bond donors (Lipinski definition) is 0. The topological polar surface area (TPSA) is 23.8 Å². The molecular weight excluding hydrogens is 309 g/mol. The van der Waals surface area contributed by atoms with Crippen molar-refractivity contribution in [1.82, 2.24) is 0 Å². The van der Waals surface area contributed by atoms with Gasteiger partial charge in [0.1, 0.15) is 11.9 Å². The van der Waals surface area contributed by atoms with Gasteiger partial charge in [-0.1, -0.05) is 51.5 Å². The molecule has 0 heterocycles. The van der Waals surface area contributed by atoms with Crippen LogP contribution < -0.4 is 0 Å². The van der Waals surface area contributed by atoms with Crippen LogP contribution in [0.5, 0.6) is 0 Å². The Kier molecular flexibility index (Phi) is 5.82. The zero-order chi connectivity index (χ0) is 17.8. The third-order valence-corrected chi connectivity index (χ3v) is 7.16. The second kappa shape index (κ2) is 7.90. The maximum atomic E-state index is 14.1. The summed E-state index contributed by atoms with van der Waals surface area (Å²) in [5, 5.41) is 8.94. The SMILES string of the molecule is CCCCCCCCC12CCC(c3ccc(C#N)c(F)c3)(CC1)CC2. The normalized spacial score (nSPS) is 28.0. The molecule has 4 rings (SSSR count). The first-order valence-electron chi connectivity index (χ1n) is 10.3. The van der Waals surface area contributed by atoms with Gasteiger partial charge in [-0.3, -0.25) is 0 Å². The van der Waals surface area contributed by atoms with Crippen molar-refractivity contribution in [1.29, 1.82) is 5.26 Å². The van der Waals surface area contributed by atoms with Crippen LogP contribution in [0.25, 0.3) is 0 Å². The Bertz CT molecular complexity index is 603. The molecule has 0 spiro atoms. The number of rotatable bonds is 8. The van der Waals surface area contributed by atoms with Crippen LogP contribution in [0, 0.1) is 22.6 Å². The van der Waals surface area contributed by atoms with Gasteiger partial charge in [0.25, 0.3) is 0 Å². The number of nitriles is 1. The summed E-state index contributed by atoms with van der Waals surface area (Å²) in [6.07, 6.45) is 17.2. The van der Waals surface area contributed by atoms with Crippen molar-refractivity contribution in [3.8, 4) is 6.07 Å². The molecule has 3 aliphatic carbocycles. The van der Waals surface area contributed by atoms with Crippen molar-refractivity contribution >= 4 is 0 Å². The quantitative estimate of drug-likeness (QED) is 0.465. The fourth-order valence-corrected chi connectivity index (χ4v) is 5.29. The number of nitrogens with zero attached hydrogens (tertiary/aromatic N) is 1. The van der Waals surface area contributed by atoms with E-state index in [9.17, 15) is 4.39 Å². The first kappa shape index (κ1) is 18.4. The van der Waals surface area contributed by atoms with Gasteiger partial charge in [0.15, 0.2) is 0 Å². The lowest BCUT2D eigenvalue weighted by molar-refractivity contribution is 0.0303. The molecule has 0 radical (unpaired) electrons. The molecule has 136 valence electrons. The zero-order valence-electron chi connectivity index (χ0n) is 15.7. The van der Waals surface area contributed by atoms with Gasteiger partial charge in [-0.2, -0.15) is 5.26 Å². The number of halogens is 1. The van der Waals surface area contributed by atoms with E-state index >= 15 is 0 Å². The lowest BCUT2D eigenvalue weighted by Crippen LogP contribution is -2.44. The molecule has 0 atom stereocenters. The summed E-state index contributed by atoms with van der Waals surface area (Å²) < 4.78 is 14.1. The van der Waals surface area contributed by atoms with Crippen LogP contribution >= 0.6 is 0 Å². The van der Waals surface area contributed by atoms with Crippen LogP contribution in [-0.4, -0.2) is 0 Å². The highest BCUT2D eigenvalue weighted by Crippen LogP contribution is 2.59. The Labute approximate surface area is 152 Å². The first-order chi connectivity index (χ1) is 12.1. The molecule has 3 saturated carbocycles. The number of unbranched alkanes of at least 4 members (excludes halogenated alkanes) is 5. The lowest BCUT2D eigenvalue weighted by Gasteiger charge is -2.54. The van der Waals surface area contributed by atoms with Gasteiger partial charge in [0, 0.05) is 0 Å². The molecule has 0 aliphatic heterocycles. The predicted octanol–water partition coefficient (Wildman–Crippen LogP) is 7.04. The van der Waals surface area contributed by atoms with Crippen LogP contribution in [0.3, 0.4) is 0 Å². The van der Waals surface area contributed by atoms with Crippen molar-refractivity contribution in [2.75, 3.05) is 0 Å². The third-order valence-electron chi connectivity index (χ3n) is 7.16. The van der Waals surface area contributed by atoms with Crippen molar-refractivity contribution in [3.63, 3.8) is 0 Å². The fraction of sp³-hybridized carbons (Fsp3) is 0.696. The first-order valence-corrected chi connectivity index (χ1v) is 10.3. The van der Waals surface area contributed by atoms with Gasteiger partial charge in [0.05, 0.1) is 5.56 Å². The van der Waals surface area contributed by atoms with Crippen LogP contribution in [0.4, 0.5) is 4.39 Å². The van der Waals surface area contributed by atoms with Crippen molar-refractivity contribution in [3.05, 3.63) is 35.1 Å². The van der Waals surface area contributed by atoms with Crippen LogP contribution in [0.15, 0.2) is 18.2 Å². The molecule has 1 nitrogen and oxygen atoms in total. The highest BCUT2D eigenvalue weighted by Gasteiger charge is 2.48. The molecule has 2 heteroatoms. The summed E-state index contributed by atoms with van der Waals surface area (Å²) in [7, 11) is 0. The van der Waals surface area contributed by atoms with E-state index < -0.39 is 0 Å². The van der Waals surface area contributed by atoms with Gasteiger partial charge in [-0.15, -0.1) is 0 Å². The molecule has 0 N–H and O–H groups in total. The molecule has 3 fully saturated rings. The zero-order valence-corrected chi connectivity index (χ0v) is 15.7. The molecule has 1 aromatic rings. The van der Waals surface area contributed by atoms with E-state index in [4.69, 9.17) is 5.26 Å². The highest BCUT2D eigenvalue weighted by molar-refractivity contribution is 5.37. The van der Waals surface area contributed by atoms with Gasteiger partial charge in [-0.05, 0) is 73.5 Å². The Balaban J connectivity index is 1.55. The molecule has 0 unspecified atom stereocenters. The minimum Gasteiger partial charge on any atom is -0.206 e. The summed E-state index contributed by atoms with van der Waals surface area (Å²) in [6, 6.07) is 7.26. The van der Waals surface area contributed by atoms with E-state index in [1.54, 1.807) is 12.1 Å². The lowest BCUT2D eigenvalue weighted by atomic mass is 9.51. The Morgan fingerprint density at radius 3 is 2.20 bits per heavy atom. The van der Waals surface area contributed by atoms with Crippen LogP contribution in [0.1, 0.15) is 102 Å². The average molecular weight is 342 g/mol. The fourth-order valence-electron chi connectivity index (χ4n) is 5.29. The van der Waals surface area contributed by atoms with E-state index in [0.29, 0.717) is 5.41 Å². The molecule has 25 heavy (non-hydrogen) atoms. The average Bonchev–Trinajstić information content (AvgIpc) is 2.66. The summed E-state index contributed by atoms with van der Waals surface area (Å²) in [6.45, 7) is 2.27. The molecule has 2 bridgehead atoms. The van der Waals surface area contributed by atoms with E-state index in [0.717, 1.165) is 5.56 Å². The maximum absolute atomic E-state index is 14.1. The monoisotopic (exact) mass is 341 g/mol. The van der Waals surface area contributed by atoms with Gasteiger partial charge in [0.2, 0.25) is 0 Å². The summed E-state index contributed by atoms with van der Waals surface area (Å²) in [5.74, 6) is -0.344. The molecule has 0 aromatic heterocycles. The second-order valence-corrected chi connectivity index (χ2v) is 8.60. The van der Waals surface area contributed by atoms with Crippen molar-refractivity contribution < 1.29 is 4.39 Å². The summed E-state index contributed by atoms with van der Waals surface area (Å²) in [5.41, 5.74) is 2.07. The minimum atomic E-state index is -0.344. The van der Waals surface area contributed by atoms with Gasteiger partial charge < -0.3 is 0 Å². The Hall–Kier alpha value is -1.36. The Morgan fingerprint density at radius 2 is 1.60 bits per heavy atom. The van der Waals surface area contributed by atoms with E-state index in [-0.39, 0.29) is 16.8 Å². The van der Waals surface area contributed by atoms with Gasteiger partial charge >= 0.3 is 0 Å². The van der Waals surface area contributed by atoms with Crippen LogP contribution in [-0.2, 0) is 5.41 Å². The minimum absolute atomic E-state index is 0.171. The van der Waals surface area contributed by atoms with Crippen LogP contribution in [0.2, 0.25) is 0 Å². The predicted molar refractivity (Wildman–Crippen MR) is 101 cm³/mol. The summed E-state index contributed by atoms with van der Waals surface area (Å²) in [4.78, 5) is 0. The molecule has 1 aromatic carbocycles. The second-order valence-electron chi connectivity index (χ2n) is 8.60. The molecular formula is C23H32FN. The molecule has 3 aliphatic rings. The van der Waals surface area contributed by atoms with Crippen molar-refractivity contribution in [2.45, 2.75) is 95.8 Å². The summed E-state index contributed by atoms with van der Waals surface area (Å²) >= 11 is 0. The molecule has 0 amide bonds. The largest absolute Gasteiger partial charge is 0.206 e. The third kappa shape index (κ3) is 3.91. The maximum Gasteiger partial charge on any atom is 0.141 e. The van der Waals surface area contributed by atoms with E-state index in [1.807, 2.05) is 12.1 Å². The van der Waals surface area contributed by atoms with Crippen molar-refractivity contribution in [2.24, 2.45) is 5.41 Å². The van der Waals surface area contributed by atoms with E-state index in [2.05, 4.69) is 6.92 Å². The van der Waals surface area contributed by atoms with Gasteiger partial charge in [-0.25, -0.2) is 4.39 Å². The number of fused-ring (bicyclic) bond motifs is 3. The highest BCUT2D eigenvalue weighted by atomic mass is 19.1. The number of benzene rings is 1. The Morgan fingerprint density at radius 1 is 0.960 bits per heavy atom.